The summed E-state index contributed by atoms with van der Waals surface area (Å²) >= 11 is 0. The Kier molecular flexibility index (Phi) is 4.69. The lowest BCUT2D eigenvalue weighted by atomic mass is 10.1. The lowest BCUT2D eigenvalue weighted by Gasteiger charge is -2.11. The maximum atomic E-state index is 12.7. The SMILES string of the molecule is Cc1nn(C(F)F)c(C)c1CC(=O)NCC1CCCN1. The maximum Gasteiger partial charge on any atom is 0.333 e. The molecule has 20 heavy (non-hydrogen) atoms. The minimum Gasteiger partial charge on any atom is -0.354 e. The largest absolute Gasteiger partial charge is 0.354 e. The van der Waals surface area contributed by atoms with E-state index >= 15 is 0 Å². The molecule has 1 aliphatic heterocycles. The smallest absolute Gasteiger partial charge is 0.333 e. The molecule has 0 radical (unpaired) electrons. The summed E-state index contributed by atoms with van der Waals surface area (Å²) in [5, 5.41) is 9.90. The molecule has 7 heteroatoms. The molecule has 112 valence electrons. The van der Waals surface area contributed by atoms with Crippen molar-refractivity contribution in [1.29, 1.82) is 0 Å². The van der Waals surface area contributed by atoms with Gasteiger partial charge in [-0.05, 0) is 33.2 Å². The van der Waals surface area contributed by atoms with Gasteiger partial charge in [0, 0.05) is 23.8 Å². The van der Waals surface area contributed by atoms with Crippen LogP contribution in [-0.4, -0.2) is 34.8 Å². The summed E-state index contributed by atoms with van der Waals surface area (Å²) in [6, 6.07) is 0.324. The number of nitrogens with one attached hydrogen (secondary N) is 2. The Morgan fingerprint density at radius 1 is 1.55 bits per heavy atom. The van der Waals surface area contributed by atoms with Crippen LogP contribution in [-0.2, 0) is 11.2 Å². The molecule has 1 fully saturated rings. The van der Waals surface area contributed by atoms with Crippen LogP contribution in [0.4, 0.5) is 8.78 Å². The van der Waals surface area contributed by atoms with Gasteiger partial charge in [-0.25, -0.2) is 4.68 Å². The zero-order valence-corrected chi connectivity index (χ0v) is 11.7. The molecule has 2 rings (SSSR count). The third kappa shape index (κ3) is 3.33. The van der Waals surface area contributed by atoms with Crippen LogP contribution in [0.25, 0.3) is 0 Å². The molecule has 0 spiro atoms. The fourth-order valence-electron chi connectivity index (χ4n) is 2.53. The third-order valence-electron chi connectivity index (χ3n) is 3.71. The van der Waals surface area contributed by atoms with Crippen LogP contribution in [0.1, 0.15) is 36.3 Å². The zero-order chi connectivity index (χ0) is 14.7. The average Bonchev–Trinajstić information content (AvgIpc) is 2.99. The summed E-state index contributed by atoms with van der Waals surface area (Å²) in [5.74, 6) is -0.154. The van der Waals surface area contributed by atoms with Gasteiger partial charge in [-0.15, -0.1) is 0 Å². The van der Waals surface area contributed by atoms with Crippen molar-refractivity contribution in [3.8, 4) is 0 Å². The van der Waals surface area contributed by atoms with Crippen molar-refractivity contribution in [2.24, 2.45) is 0 Å². The van der Waals surface area contributed by atoms with Crippen molar-refractivity contribution in [3.05, 3.63) is 17.0 Å². The highest BCUT2D eigenvalue weighted by atomic mass is 19.3. The number of carbonyl (C=O) groups is 1. The molecule has 1 amide bonds. The van der Waals surface area contributed by atoms with Crippen molar-refractivity contribution in [2.75, 3.05) is 13.1 Å². The monoisotopic (exact) mass is 286 g/mol. The van der Waals surface area contributed by atoms with E-state index in [1.807, 2.05) is 0 Å². The minimum absolute atomic E-state index is 0.0944. The highest BCUT2D eigenvalue weighted by Gasteiger charge is 2.20. The maximum absolute atomic E-state index is 12.7. The second-order valence-electron chi connectivity index (χ2n) is 5.15. The first-order chi connectivity index (χ1) is 9.49. The molecule has 1 aliphatic rings. The van der Waals surface area contributed by atoms with E-state index in [-0.39, 0.29) is 12.3 Å². The van der Waals surface area contributed by atoms with Gasteiger partial charge in [-0.1, -0.05) is 0 Å². The number of alkyl halides is 2. The van der Waals surface area contributed by atoms with Gasteiger partial charge in [-0.3, -0.25) is 4.79 Å². The number of rotatable bonds is 5. The lowest BCUT2D eigenvalue weighted by Crippen LogP contribution is -2.37. The summed E-state index contributed by atoms with van der Waals surface area (Å²) in [6.07, 6.45) is 2.28. The fraction of sp³-hybridized carbons (Fsp3) is 0.692. The van der Waals surface area contributed by atoms with Crippen molar-refractivity contribution >= 4 is 5.91 Å². The predicted molar refractivity (Wildman–Crippen MR) is 70.7 cm³/mol. The van der Waals surface area contributed by atoms with Crippen LogP contribution < -0.4 is 10.6 Å². The van der Waals surface area contributed by atoms with Crippen LogP contribution in [0.3, 0.4) is 0 Å². The normalized spacial score (nSPS) is 18.8. The van der Waals surface area contributed by atoms with Crippen LogP contribution in [0.5, 0.6) is 0 Å². The molecule has 0 saturated carbocycles. The molecule has 1 aromatic heterocycles. The molecule has 2 N–H and O–H groups in total. The Morgan fingerprint density at radius 3 is 2.85 bits per heavy atom. The summed E-state index contributed by atoms with van der Waals surface area (Å²) in [5.41, 5.74) is 1.42. The molecule has 1 saturated heterocycles. The Morgan fingerprint density at radius 2 is 2.30 bits per heavy atom. The van der Waals surface area contributed by atoms with E-state index in [4.69, 9.17) is 0 Å². The minimum atomic E-state index is -2.67. The summed E-state index contributed by atoms with van der Waals surface area (Å²) < 4.78 is 26.1. The summed E-state index contributed by atoms with van der Waals surface area (Å²) in [4.78, 5) is 11.9. The van der Waals surface area contributed by atoms with Crippen molar-refractivity contribution in [1.82, 2.24) is 20.4 Å². The number of hydrogen-bond donors (Lipinski definition) is 2. The Labute approximate surface area is 116 Å². The quantitative estimate of drug-likeness (QED) is 0.858. The van der Waals surface area contributed by atoms with Gasteiger partial charge < -0.3 is 10.6 Å². The number of carbonyl (C=O) groups excluding carboxylic acids is 1. The molecule has 1 unspecified atom stereocenters. The van der Waals surface area contributed by atoms with E-state index in [1.54, 1.807) is 13.8 Å². The van der Waals surface area contributed by atoms with Crippen molar-refractivity contribution in [2.45, 2.75) is 45.7 Å². The molecular formula is C13H20F2N4O. The average molecular weight is 286 g/mol. The Hall–Kier alpha value is -1.50. The number of amides is 1. The van der Waals surface area contributed by atoms with Crippen molar-refractivity contribution < 1.29 is 13.6 Å². The molecule has 1 aromatic rings. The second-order valence-corrected chi connectivity index (χ2v) is 5.15. The summed E-state index contributed by atoms with van der Waals surface area (Å²) in [6.45, 7) is 2.10. The lowest BCUT2D eigenvalue weighted by molar-refractivity contribution is -0.120. The molecular weight excluding hydrogens is 266 g/mol. The first kappa shape index (κ1) is 14.9. The molecule has 5 nitrogen and oxygen atoms in total. The van der Waals surface area contributed by atoms with Crippen LogP contribution >= 0.6 is 0 Å². The van der Waals surface area contributed by atoms with Gasteiger partial charge >= 0.3 is 6.55 Å². The van der Waals surface area contributed by atoms with E-state index in [2.05, 4.69) is 15.7 Å². The van der Waals surface area contributed by atoms with E-state index in [9.17, 15) is 13.6 Å². The molecule has 1 atom stereocenters. The zero-order valence-electron chi connectivity index (χ0n) is 11.7. The third-order valence-corrected chi connectivity index (χ3v) is 3.71. The summed E-state index contributed by atoms with van der Waals surface area (Å²) in [7, 11) is 0. The van der Waals surface area contributed by atoms with Gasteiger partial charge in [0.15, 0.2) is 0 Å². The van der Waals surface area contributed by atoms with E-state index in [0.29, 0.717) is 34.2 Å². The van der Waals surface area contributed by atoms with E-state index in [1.165, 1.54) is 0 Å². The molecule has 0 aromatic carbocycles. The van der Waals surface area contributed by atoms with Gasteiger partial charge in [0.2, 0.25) is 5.91 Å². The fourth-order valence-corrected chi connectivity index (χ4v) is 2.53. The number of hydrogen-bond acceptors (Lipinski definition) is 3. The number of aromatic nitrogens is 2. The molecule has 2 heterocycles. The molecule has 0 aliphatic carbocycles. The van der Waals surface area contributed by atoms with Crippen molar-refractivity contribution in [3.63, 3.8) is 0 Å². The van der Waals surface area contributed by atoms with Gasteiger partial charge in [0.25, 0.3) is 0 Å². The van der Waals surface area contributed by atoms with Crippen LogP contribution in [0.15, 0.2) is 0 Å². The first-order valence-electron chi connectivity index (χ1n) is 6.82. The highest BCUT2D eigenvalue weighted by molar-refractivity contribution is 5.79. The topological polar surface area (TPSA) is 59.0 Å². The Balaban J connectivity index is 1.93. The predicted octanol–water partition coefficient (Wildman–Crippen LogP) is 1.31. The van der Waals surface area contributed by atoms with Crippen LogP contribution in [0.2, 0.25) is 0 Å². The van der Waals surface area contributed by atoms with Gasteiger partial charge in [0.1, 0.15) is 0 Å². The number of aryl methyl sites for hydroxylation is 1. The van der Waals surface area contributed by atoms with Gasteiger partial charge in [-0.2, -0.15) is 13.9 Å². The van der Waals surface area contributed by atoms with Gasteiger partial charge in [0.05, 0.1) is 12.1 Å². The highest BCUT2D eigenvalue weighted by Crippen LogP contribution is 2.19. The molecule has 0 bridgehead atoms. The second kappa shape index (κ2) is 6.30. The standard InChI is InChI=1S/C13H20F2N4O/c1-8-11(9(2)19(18-8)13(14)15)6-12(20)17-7-10-4-3-5-16-10/h10,13,16H,3-7H2,1-2H3,(H,17,20). The van der Waals surface area contributed by atoms with Crippen LogP contribution in [0, 0.1) is 13.8 Å². The van der Waals surface area contributed by atoms with E-state index < -0.39 is 6.55 Å². The Bertz CT molecular complexity index is 481. The number of halogens is 2. The first-order valence-corrected chi connectivity index (χ1v) is 6.82. The van der Waals surface area contributed by atoms with E-state index in [0.717, 1.165) is 19.4 Å². The number of nitrogens with zero attached hydrogens (tertiary/aromatic N) is 2.